The van der Waals surface area contributed by atoms with Crippen molar-refractivity contribution < 1.29 is 9.59 Å². The first-order valence-corrected chi connectivity index (χ1v) is 9.03. The predicted octanol–water partition coefficient (Wildman–Crippen LogP) is 3.20. The maximum atomic E-state index is 12.5. The third-order valence-electron chi connectivity index (χ3n) is 4.24. The van der Waals surface area contributed by atoms with Crippen molar-refractivity contribution in [1.29, 1.82) is 0 Å². The van der Waals surface area contributed by atoms with Gasteiger partial charge in [-0.1, -0.05) is 17.7 Å². The summed E-state index contributed by atoms with van der Waals surface area (Å²) in [6, 6.07) is 15.2. The van der Waals surface area contributed by atoms with Gasteiger partial charge in [0.2, 0.25) is 0 Å². The van der Waals surface area contributed by atoms with Gasteiger partial charge in [-0.05, 0) is 65.9 Å². The molecule has 4 nitrogen and oxygen atoms in total. The van der Waals surface area contributed by atoms with E-state index in [-0.39, 0.29) is 11.8 Å². The Kier molecular flexibility index (Phi) is 5.18. The summed E-state index contributed by atoms with van der Waals surface area (Å²) in [5.41, 5.74) is 2.55. The lowest BCUT2D eigenvalue weighted by Gasteiger charge is -2.35. The fourth-order valence-electron chi connectivity index (χ4n) is 2.77. The summed E-state index contributed by atoms with van der Waals surface area (Å²) < 4.78 is 1.11. The molecular weight excluding hydrogens is 415 g/mol. The zero-order valence-corrected chi connectivity index (χ0v) is 15.7. The van der Waals surface area contributed by atoms with Gasteiger partial charge in [0.25, 0.3) is 11.8 Å². The molecular formula is C19H19IN2O2. The van der Waals surface area contributed by atoms with Gasteiger partial charge < -0.3 is 9.80 Å². The van der Waals surface area contributed by atoms with Gasteiger partial charge in [0.1, 0.15) is 0 Å². The van der Waals surface area contributed by atoms with Crippen LogP contribution in [0.1, 0.15) is 26.3 Å². The number of halogens is 1. The molecule has 2 amide bonds. The number of hydrogen-bond acceptors (Lipinski definition) is 2. The second-order valence-electron chi connectivity index (χ2n) is 5.96. The highest BCUT2D eigenvalue weighted by Crippen LogP contribution is 2.14. The Labute approximate surface area is 155 Å². The van der Waals surface area contributed by atoms with Crippen molar-refractivity contribution in [2.24, 2.45) is 0 Å². The molecule has 124 valence electrons. The van der Waals surface area contributed by atoms with Crippen molar-refractivity contribution in [3.63, 3.8) is 0 Å². The van der Waals surface area contributed by atoms with Gasteiger partial charge in [0.05, 0.1) is 0 Å². The van der Waals surface area contributed by atoms with E-state index in [1.54, 1.807) is 0 Å². The molecule has 0 aromatic heterocycles. The molecule has 5 heteroatoms. The number of hydrogen-bond donors (Lipinski definition) is 0. The molecule has 24 heavy (non-hydrogen) atoms. The monoisotopic (exact) mass is 434 g/mol. The Balaban J connectivity index is 1.61. The van der Waals surface area contributed by atoms with Gasteiger partial charge in [0, 0.05) is 40.9 Å². The lowest BCUT2D eigenvalue weighted by atomic mass is 10.1. The van der Waals surface area contributed by atoms with Crippen molar-refractivity contribution in [3.8, 4) is 0 Å². The summed E-state index contributed by atoms with van der Waals surface area (Å²) in [5.74, 6) is 0.0743. The molecule has 0 unspecified atom stereocenters. The fraction of sp³-hybridized carbons (Fsp3) is 0.263. The summed E-state index contributed by atoms with van der Waals surface area (Å²) in [7, 11) is 0. The Morgan fingerprint density at radius 3 is 1.54 bits per heavy atom. The van der Waals surface area contributed by atoms with Gasteiger partial charge in [-0.15, -0.1) is 0 Å². The van der Waals surface area contributed by atoms with Crippen molar-refractivity contribution in [2.45, 2.75) is 6.92 Å². The topological polar surface area (TPSA) is 40.6 Å². The lowest BCUT2D eigenvalue weighted by molar-refractivity contribution is 0.0535. The van der Waals surface area contributed by atoms with Crippen LogP contribution in [0.4, 0.5) is 0 Å². The molecule has 1 saturated heterocycles. The van der Waals surface area contributed by atoms with Gasteiger partial charge in [-0.3, -0.25) is 9.59 Å². The van der Waals surface area contributed by atoms with Gasteiger partial charge in [-0.2, -0.15) is 0 Å². The number of carbonyl (C=O) groups excluding carboxylic acids is 2. The van der Waals surface area contributed by atoms with Crippen LogP contribution in [0, 0.1) is 10.5 Å². The van der Waals surface area contributed by atoms with E-state index in [0.717, 1.165) is 9.13 Å². The van der Waals surface area contributed by atoms with Gasteiger partial charge >= 0.3 is 0 Å². The predicted molar refractivity (Wildman–Crippen MR) is 102 cm³/mol. The van der Waals surface area contributed by atoms with Crippen LogP contribution in [-0.2, 0) is 0 Å². The van der Waals surface area contributed by atoms with Crippen LogP contribution < -0.4 is 0 Å². The largest absolute Gasteiger partial charge is 0.335 e. The first kappa shape index (κ1) is 17.0. The van der Waals surface area contributed by atoms with Gasteiger partial charge in [-0.25, -0.2) is 0 Å². The molecule has 1 heterocycles. The second-order valence-corrected chi connectivity index (χ2v) is 7.20. The van der Waals surface area contributed by atoms with E-state index in [1.165, 1.54) is 0 Å². The van der Waals surface area contributed by atoms with E-state index in [1.807, 2.05) is 65.3 Å². The summed E-state index contributed by atoms with van der Waals surface area (Å²) >= 11 is 2.22. The first-order valence-electron chi connectivity index (χ1n) is 7.95. The molecule has 1 aliphatic heterocycles. The van der Waals surface area contributed by atoms with Crippen molar-refractivity contribution >= 4 is 34.4 Å². The van der Waals surface area contributed by atoms with Crippen LogP contribution in [-0.4, -0.2) is 47.8 Å². The summed E-state index contributed by atoms with van der Waals surface area (Å²) in [6.07, 6.45) is 0. The zero-order valence-electron chi connectivity index (χ0n) is 13.5. The highest BCUT2D eigenvalue weighted by molar-refractivity contribution is 14.1. The Hall–Kier alpha value is -1.89. The molecule has 1 fully saturated rings. The number of amides is 2. The van der Waals surface area contributed by atoms with Crippen LogP contribution in [0.5, 0.6) is 0 Å². The number of rotatable bonds is 2. The van der Waals surface area contributed by atoms with Crippen LogP contribution in [0.2, 0.25) is 0 Å². The molecule has 3 rings (SSSR count). The molecule has 0 radical (unpaired) electrons. The Bertz CT molecular complexity index is 667. The minimum atomic E-state index is 0.0360. The molecule has 0 spiro atoms. The molecule has 2 aromatic carbocycles. The van der Waals surface area contributed by atoms with E-state index < -0.39 is 0 Å². The molecule has 1 aliphatic rings. The van der Waals surface area contributed by atoms with Crippen LogP contribution >= 0.6 is 22.6 Å². The van der Waals surface area contributed by atoms with E-state index in [9.17, 15) is 9.59 Å². The normalized spacial score (nSPS) is 14.6. The SMILES string of the molecule is Cc1ccc(C(=O)N2CCN(C(=O)c3ccc(I)cc3)CC2)cc1. The number of piperazine rings is 1. The van der Waals surface area contributed by atoms with Crippen LogP contribution in [0.3, 0.4) is 0 Å². The summed E-state index contributed by atoms with van der Waals surface area (Å²) in [4.78, 5) is 28.7. The maximum Gasteiger partial charge on any atom is 0.253 e. The number of nitrogens with zero attached hydrogens (tertiary/aromatic N) is 2. The Morgan fingerprint density at radius 1 is 0.750 bits per heavy atom. The first-order chi connectivity index (χ1) is 11.5. The minimum absolute atomic E-state index is 0.0360. The molecule has 0 N–H and O–H groups in total. The minimum Gasteiger partial charge on any atom is -0.335 e. The summed E-state index contributed by atoms with van der Waals surface area (Å²) in [6.45, 7) is 4.29. The molecule has 0 atom stereocenters. The molecule has 0 aliphatic carbocycles. The summed E-state index contributed by atoms with van der Waals surface area (Å²) in [5, 5.41) is 0. The van der Waals surface area contributed by atoms with Crippen molar-refractivity contribution in [1.82, 2.24) is 9.80 Å². The number of aryl methyl sites for hydroxylation is 1. The number of carbonyl (C=O) groups is 2. The Morgan fingerprint density at radius 2 is 1.12 bits per heavy atom. The quantitative estimate of drug-likeness (QED) is 0.682. The van der Waals surface area contributed by atoms with E-state index >= 15 is 0 Å². The van der Waals surface area contributed by atoms with Crippen LogP contribution in [0.15, 0.2) is 48.5 Å². The van der Waals surface area contributed by atoms with E-state index in [4.69, 9.17) is 0 Å². The highest BCUT2D eigenvalue weighted by atomic mass is 127. The van der Waals surface area contributed by atoms with Crippen LogP contribution in [0.25, 0.3) is 0 Å². The third-order valence-corrected chi connectivity index (χ3v) is 4.96. The van der Waals surface area contributed by atoms with Crippen molar-refractivity contribution in [2.75, 3.05) is 26.2 Å². The maximum absolute atomic E-state index is 12.5. The number of benzene rings is 2. The van der Waals surface area contributed by atoms with E-state index in [2.05, 4.69) is 22.6 Å². The second kappa shape index (κ2) is 7.34. The molecule has 2 aromatic rings. The standard InChI is InChI=1S/C19H19IN2O2/c1-14-2-4-15(5-3-14)18(23)21-10-12-22(13-11-21)19(24)16-6-8-17(20)9-7-16/h2-9H,10-13H2,1H3. The fourth-order valence-corrected chi connectivity index (χ4v) is 3.13. The third kappa shape index (κ3) is 3.77. The van der Waals surface area contributed by atoms with Gasteiger partial charge in [0.15, 0.2) is 0 Å². The zero-order chi connectivity index (χ0) is 17.1. The average molecular weight is 434 g/mol. The van der Waals surface area contributed by atoms with Crippen molar-refractivity contribution in [3.05, 3.63) is 68.8 Å². The van der Waals surface area contributed by atoms with E-state index in [0.29, 0.717) is 37.3 Å². The molecule has 0 saturated carbocycles. The highest BCUT2D eigenvalue weighted by Gasteiger charge is 2.25. The lowest BCUT2D eigenvalue weighted by Crippen LogP contribution is -2.50. The smallest absolute Gasteiger partial charge is 0.253 e. The molecule has 0 bridgehead atoms. The average Bonchev–Trinajstić information content (AvgIpc) is 2.62.